The number of nitrogens with zero attached hydrogens (tertiary/aromatic N) is 1. The summed E-state index contributed by atoms with van der Waals surface area (Å²) in [5.41, 5.74) is 2.70. The molecule has 6 nitrogen and oxygen atoms in total. The van der Waals surface area contributed by atoms with Crippen molar-refractivity contribution in [3.05, 3.63) is 47.5 Å². The van der Waals surface area contributed by atoms with E-state index in [4.69, 9.17) is 0 Å². The molecule has 0 bridgehead atoms. The maximum atomic E-state index is 13.4. The SMILES string of the molecule is CC(=CCCC(C)CCN1C(=O)c2cccc(O)c2Nc2c(O)cc(O)cc21)CCCC(C)C. The molecule has 1 aliphatic rings. The molecule has 0 saturated heterocycles. The van der Waals surface area contributed by atoms with Gasteiger partial charge in [-0.05, 0) is 63.0 Å². The number of hydrogen-bond acceptors (Lipinski definition) is 5. The number of benzene rings is 2. The van der Waals surface area contributed by atoms with Crippen LogP contribution in [-0.4, -0.2) is 27.8 Å². The van der Waals surface area contributed by atoms with Gasteiger partial charge in [0.25, 0.3) is 5.91 Å². The van der Waals surface area contributed by atoms with Crippen LogP contribution < -0.4 is 10.2 Å². The fourth-order valence-electron chi connectivity index (χ4n) is 4.39. The second-order valence-corrected chi connectivity index (χ2v) is 9.95. The zero-order valence-electron chi connectivity index (χ0n) is 20.8. The molecule has 0 spiro atoms. The summed E-state index contributed by atoms with van der Waals surface area (Å²) in [7, 11) is 0. The molecular weight excluding hydrogens is 428 g/mol. The van der Waals surface area contributed by atoms with Crippen molar-refractivity contribution in [1.29, 1.82) is 0 Å². The average Bonchev–Trinajstić information content (AvgIpc) is 2.87. The lowest BCUT2D eigenvalue weighted by Crippen LogP contribution is -2.32. The minimum Gasteiger partial charge on any atom is -0.508 e. The average molecular weight is 467 g/mol. The number of anilines is 3. The standard InChI is InChI=1S/C28H38N2O4/c1-18(2)8-5-9-19(3)10-6-11-20(4)14-15-30-23-16-21(31)17-25(33)27(23)29-26-22(28(30)34)12-7-13-24(26)32/h7,10,12-13,16-18,20,29,31-33H,5-6,8-9,11,14-15H2,1-4H3. The first-order chi connectivity index (χ1) is 16.2. The van der Waals surface area contributed by atoms with Crippen molar-refractivity contribution < 1.29 is 20.1 Å². The molecular formula is C28H38N2O4. The monoisotopic (exact) mass is 466 g/mol. The van der Waals surface area contributed by atoms with Gasteiger partial charge in [-0.25, -0.2) is 0 Å². The van der Waals surface area contributed by atoms with E-state index >= 15 is 0 Å². The molecule has 0 radical (unpaired) electrons. The zero-order valence-corrected chi connectivity index (χ0v) is 20.8. The van der Waals surface area contributed by atoms with Crippen LogP contribution in [0.25, 0.3) is 0 Å². The summed E-state index contributed by atoms with van der Waals surface area (Å²) in [6, 6.07) is 7.45. The van der Waals surface area contributed by atoms with Crippen molar-refractivity contribution in [2.75, 3.05) is 16.8 Å². The van der Waals surface area contributed by atoms with E-state index in [1.54, 1.807) is 17.0 Å². The van der Waals surface area contributed by atoms with Gasteiger partial charge in [-0.1, -0.05) is 44.9 Å². The number of nitrogens with one attached hydrogen (secondary N) is 1. The molecule has 1 aliphatic heterocycles. The van der Waals surface area contributed by atoms with E-state index in [-0.39, 0.29) is 28.8 Å². The topological polar surface area (TPSA) is 93.0 Å². The lowest BCUT2D eigenvalue weighted by atomic mass is 9.98. The van der Waals surface area contributed by atoms with Gasteiger partial charge in [0, 0.05) is 18.7 Å². The van der Waals surface area contributed by atoms with Crippen LogP contribution in [0.5, 0.6) is 17.2 Å². The van der Waals surface area contributed by atoms with Crippen molar-refractivity contribution in [2.24, 2.45) is 11.8 Å². The van der Waals surface area contributed by atoms with Crippen molar-refractivity contribution in [3.8, 4) is 17.2 Å². The maximum absolute atomic E-state index is 13.4. The second-order valence-electron chi connectivity index (χ2n) is 9.95. The smallest absolute Gasteiger partial charge is 0.260 e. The molecule has 3 rings (SSSR count). The molecule has 4 N–H and O–H groups in total. The first-order valence-corrected chi connectivity index (χ1v) is 12.3. The Balaban J connectivity index is 1.70. The number of aromatic hydroxyl groups is 3. The van der Waals surface area contributed by atoms with Crippen LogP contribution in [-0.2, 0) is 0 Å². The minimum atomic E-state index is -0.282. The minimum absolute atomic E-state index is 0.0740. The van der Waals surface area contributed by atoms with E-state index < -0.39 is 0 Å². The Morgan fingerprint density at radius 3 is 2.53 bits per heavy atom. The number of hydrogen-bond donors (Lipinski definition) is 4. The zero-order chi connectivity index (χ0) is 24.8. The second kappa shape index (κ2) is 11.3. The number of phenolic OH excluding ortho intramolecular Hbond substituents is 3. The molecule has 0 aromatic heterocycles. The van der Waals surface area contributed by atoms with E-state index in [0.29, 0.717) is 29.4 Å². The molecule has 1 amide bonds. The number of phenols is 3. The van der Waals surface area contributed by atoms with Gasteiger partial charge in [-0.3, -0.25) is 4.79 Å². The maximum Gasteiger partial charge on any atom is 0.260 e. The molecule has 184 valence electrons. The molecule has 2 aromatic rings. The van der Waals surface area contributed by atoms with E-state index in [2.05, 4.69) is 39.1 Å². The third kappa shape index (κ3) is 6.25. The van der Waals surface area contributed by atoms with Crippen LogP contribution in [0.4, 0.5) is 17.1 Å². The molecule has 1 atom stereocenters. The molecule has 1 heterocycles. The summed E-state index contributed by atoms with van der Waals surface area (Å²) in [6.07, 6.45) is 8.79. The molecule has 0 fully saturated rings. The quantitative estimate of drug-likeness (QED) is 0.170. The normalized spacial score (nSPS) is 14.4. The highest BCUT2D eigenvalue weighted by Crippen LogP contribution is 2.45. The van der Waals surface area contributed by atoms with Crippen LogP contribution in [0.2, 0.25) is 0 Å². The molecule has 2 aromatic carbocycles. The lowest BCUT2D eigenvalue weighted by Gasteiger charge is -2.25. The molecule has 6 heteroatoms. The molecule has 0 aliphatic carbocycles. The largest absolute Gasteiger partial charge is 0.508 e. The highest BCUT2D eigenvalue weighted by molar-refractivity contribution is 6.15. The predicted molar refractivity (Wildman–Crippen MR) is 138 cm³/mol. The lowest BCUT2D eigenvalue weighted by molar-refractivity contribution is 0.0986. The number of fused-ring (bicyclic) bond motifs is 2. The van der Waals surface area contributed by atoms with Gasteiger partial charge >= 0.3 is 0 Å². The Labute approximate surface area is 202 Å². The molecule has 34 heavy (non-hydrogen) atoms. The van der Waals surface area contributed by atoms with Crippen LogP contribution in [0.1, 0.15) is 76.6 Å². The fraction of sp³-hybridized carbons (Fsp3) is 0.464. The summed E-state index contributed by atoms with van der Waals surface area (Å²) in [5, 5.41) is 33.9. The first kappa shape index (κ1) is 25.5. The van der Waals surface area contributed by atoms with Crippen molar-refractivity contribution in [3.63, 3.8) is 0 Å². The highest BCUT2D eigenvalue weighted by Gasteiger charge is 2.30. The van der Waals surface area contributed by atoms with Gasteiger partial charge in [0.1, 0.15) is 22.9 Å². The van der Waals surface area contributed by atoms with Gasteiger partial charge in [-0.2, -0.15) is 0 Å². The van der Waals surface area contributed by atoms with Crippen LogP contribution >= 0.6 is 0 Å². The van der Waals surface area contributed by atoms with E-state index in [1.165, 1.54) is 36.6 Å². The number of carbonyl (C=O) groups excluding carboxylic acids is 1. The van der Waals surface area contributed by atoms with Crippen LogP contribution in [0, 0.1) is 11.8 Å². The summed E-state index contributed by atoms with van der Waals surface area (Å²) in [6.45, 7) is 9.34. The van der Waals surface area contributed by atoms with Crippen molar-refractivity contribution in [1.82, 2.24) is 0 Å². The summed E-state index contributed by atoms with van der Waals surface area (Å²) >= 11 is 0. The molecule has 1 unspecified atom stereocenters. The Morgan fingerprint density at radius 2 is 1.79 bits per heavy atom. The predicted octanol–water partition coefficient (Wildman–Crippen LogP) is 7.09. The van der Waals surface area contributed by atoms with Gasteiger partial charge in [-0.15, -0.1) is 0 Å². The number of amides is 1. The summed E-state index contributed by atoms with van der Waals surface area (Å²) in [5.74, 6) is 0.466. The van der Waals surface area contributed by atoms with Gasteiger partial charge in [0.15, 0.2) is 0 Å². The Kier molecular flexibility index (Phi) is 8.48. The van der Waals surface area contributed by atoms with Gasteiger partial charge in [0.2, 0.25) is 0 Å². The van der Waals surface area contributed by atoms with Crippen LogP contribution in [0.3, 0.4) is 0 Å². The number of carbonyl (C=O) groups is 1. The van der Waals surface area contributed by atoms with Crippen molar-refractivity contribution >= 4 is 23.0 Å². The molecule has 0 saturated carbocycles. The Hall–Kier alpha value is -3.15. The summed E-state index contributed by atoms with van der Waals surface area (Å²) in [4.78, 5) is 15.0. The van der Waals surface area contributed by atoms with Crippen molar-refractivity contribution in [2.45, 2.75) is 66.2 Å². The third-order valence-corrected chi connectivity index (χ3v) is 6.49. The van der Waals surface area contributed by atoms with E-state index in [9.17, 15) is 20.1 Å². The van der Waals surface area contributed by atoms with Gasteiger partial charge in [0.05, 0.1) is 16.9 Å². The van der Waals surface area contributed by atoms with Crippen LogP contribution in [0.15, 0.2) is 42.0 Å². The summed E-state index contributed by atoms with van der Waals surface area (Å²) < 4.78 is 0. The number of para-hydroxylation sites is 1. The fourth-order valence-corrected chi connectivity index (χ4v) is 4.39. The Morgan fingerprint density at radius 1 is 1.03 bits per heavy atom. The third-order valence-electron chi connectivity index (χ3n) is 6.49. The Bertz CT molecular complexity index is 1040. The van der Waals surface area contributed by atoms with E-state index in [1.807, 2.05) is 0 Å². The number of allylic oxidation sites excluding steroid dienone is 2. The van der Waals surface area contributed by atoms with Gasteiger partial charge < -0.3 is 25.5 Å². The number of rotatable bonds is 10. The van der Waals surface area contributed by atoms with E-state index in [0.717, 1.165) is 31.6 Å². The highest BCUT2D eigenvalue weighted by atomic mass is 16.3. The first-order valence-electron chi connectivity index (χ1n) is 12.3.